The largest absolute Gasteiger partial charge is 0.271 e. The quantitative estimate of drug-likeness (QED) is 0.517. The molecule has 0 saturated carbocycles. The van der Waals surface area contributed by atoms with E-state index in [4.69, 9.17) is 0 Å². The first-order valence-corrected chi connectivity index (χ1v) is 9.39. The van der Waals surface area contributed by atoms with Gasteiger partial charge < -0.3 is 0 Å². The minimum absolute atomic E-state index is 0.00260. The second kappa shape index (κ2) is 7.85. The van der Waals surface area contributed by atoms with Crippen molar-refractivity contribution in [2.45, 2.75) is 11.4 Å². The van der Waals surface area contributed by atoms with E-state index in [-0.39, 0.29) is 11.4 Å². The monoisotopic (exact) mass is 365 g/mol. The average Bonchev–Trinajstić information content (AvgIpc) is 2.67. The van der Waals surface area contributed by atoms with Crippen molar-refractivity contribution in [2.75, 3.05) is 0 Å². The highest BCUT2D eigenvalue weighted by molar-refractivity contribution is 7.89. The van der Waals surface area contributed by atoms with E-state index in [1.807, 2.05) is 48.5 Å². The molecule has 0 unspecified atom stereocenters. The highest BCUT2D eigenvalue weighted by Gasteiger charge is 2.22. The van der Waals surface area contributed by atoms with Gasteiger partial charge >= 0.3 is 0 Å². The van der Waals surface area contributed by atoms with E-state index in [9.17, 15) is 12.8 Å². The summed E-state index contributed by atoms with van der Waals surface area (Å²) < 4.78 is 40.2. The van der Waals surface area contributed by atoms with Crippen LogP contribution >= 0.6 is 0 Å². The summed E-state index contributed by atoms with van der Waals surface area (Å²) >= 11 is 0. The number of benzene rings is 3. The molecule has 0 radical (unpaired) electrons. The molecular formula is C21H16FNO2S. The number of sulfonamides is 1. The Morgan fingerprint density at radius 3 is 2.00 bits per heavy atom. The van der Waals surface area contributed by atoms with Crippen LogP contribution in [0.25, 0.3) is 0 Å². The van der Waals surface area contributed by atoms with Gasteiger partial charge in [-0.05, 0) is 47.9 Å². The van der Waals surface area contributed by atoms with E-state index in [1.165, 1.54) is 12.1 Å². The van der Waals surface area contributed by atoms with Crippen molar-refractivity contribution in [1.29, 1.82) is 0 Å². The van der Waals surface area contributed by atoms with Gasteiger partial charge in [0.1, 0.15) is 5.82 Å². The Balaban J connectivity index is 1.99. The number of rotatable bonds is 4. The van der Waals surface area contributed by atoms with Gasteiger partial charge in [0.25, 0.3) is 10.0 Å². The fraction of sp³-hybridized carbons (Fsp3) is 0.0476. The van der Waals surface area contributed by atoms with Crippen molar-refractivity contribution in [1.82, 2.24) is 4.31 Å². The Bertz CT molecular complexity index is 1020. The summed E-state index contributed by atoms with van der Waals surface area (Å²) in [4.78, 5) is -0.00260. The first-order chi connectivity index (χ1) is 12.6. The Labute approximate surface area is 152 Å². The molecule has 0 heterocycles. The van der Waals surface area contributed by atoms with E-state index in [1.54, 1.807) is 12.1 Å². The summed E-state index contributed by atoms with van der Waals surface area (Å²) in [6.45, 7) is 0.0976. The Morgan fingerprint density at radius 1 is 0.808 bits per heavy atom. The van der Waals surface area contributed by atoms with Gasteiger partial charge in [0.15, 0.2) is 0 Å². The lowest BCUT2D eigenvalue weighted by Crippen LogP contribution is -2.26. The number of nitrogens with zero attached hydrogens (tertiary/aromatic N) is 1. The molecule has 0 bridgehead atoms. The van der Waals surface area contributed by atoms with E-state index < -0.39 is 15.8 Å². The third-order valence-corrected chi connectivity index (χ3v) is 5.34. The SMILES string of the molecule is O=S(=O)(c1ccc(F)cc1)N(C#Cc1ccccc1)Cc1ccccc1. The molecular weight excluding hydrogens is 349 g/mol. The Kier molecular flexibility index (Phi) is 5.35. The average molecular weight is 365 g/mol. The third-order valence-electron chi connectivity index (χ3n) is 3.67. The summed E-state index contributed by atoms with van der Waals surface area (Å²) in [6, 6.07) is 25.8. The fourth-order valence-corrected chi connectivity index (χ4v) is 3.54. The molecule has 5 heteroatoms. The van der Waals surface area contributed by atoms with Crippen LogP contribution in [0.1, 0.15) is 11.1 Å². The van der Waals surface area contributed by atoms with Gasteiger partial charge in [-0.15, -0.1) is 0 Å². The fourth-order valence-electron chi connectivity index (χ4n) is 2.32. The molecule has 0 amide bonds. The van der Waals surface area contributed by atoms with Crippen molar-refractivity contribution in [2.24, 2.45) is 0 Å². The highest BCUT2D eigenvalue weighted by atomic mass is 32.2. The van der Waals surface area contributed by atoms with Crippen LogP contribution in [0.15, 0.2) is 89.8 Å². The minimum Gasteiger partial charge on any atom is -0.220 e. The molecule has 0 aliphatic heterocycles. The number of halogens is 1. The minimum atomic E-state index is -3.89. The van der Waals surface area contributed by atoms with E-state index >= 15 is 0 Å². The molecule has 3 nitrogen and oxygen atoms in total. The molecule has 130 valence electrons. The molecule has 0 aliphatic rings. The van der Waals surface area contributed by atoms with E-state index in [2.05, 4.69) is 12.0 Å². The topological polar surface area (TPSA) is 37.4 Å². The van der Waals surface area contributed by atoms with Crippen LogP contribution in [0.5, 0.6) is 0 Å². The lowest BCUT2D eigenvalue weighted by Gasteiger charge is -2.18. The van der Waals surface area contributed by atoms with Crippen molar-refractivity contribution in [3.8, 4) is 12.0 Å². The van der Waals surface area contributed by atoms with Gasteiger partial charge in [-0.1, -0.05) is 48.5 Å². The van der Waals surface area contributed by atoms with Crippen LogP contribution in [0.2, 0.25) is 0 Å². The first kappa shape index (κ1) is 17.7. The van der Waals surface area contributed by atoms with Crippen molar-refractivity contribution in [3.63, 3.8) is 0 Å². The zero-order valence-corrected chi connectivity index (χ0v) is 14.7. The number of hydrogen-bond acceptors (Lipinski definition) is 2. The maximum absolute atomic E-state index is 13.2. The van der Waals surface area contributed by atoms with Gasteiger partial charge in [-0.25, -0.2) is 17.1 Å². The standard InChI is InChI=1S/C21H16FNO2S/c22-20-11-13-21(14-12-20)26(24,25)23(17-19-9-5-2-6-10-19)16-15-18-7-3-1-4-8-18/h1-14H,17H2. The second-order valence-corrected chi connectivity index (χ2v) is 7.42. The third kappa shape index (κ3) is 4.29. The summed E-state index contributed by atoms with van der Waals surface area (Å²) in [5, 5.41) is 0. The lowest BCUT2D eigenvalue weighted by atomic mass is 10.2. The number of hydrogen-bond donors (Lipinski definition) is 0. The van der Waals surface area contributed by atoms with Crippen LogP contribution in [0.4, 0.5) is 4.39 Å². The predicted molar refractivity (Wildman–Crippen MR) is 98.9 cm³/mol. The summed E-state index contributed by atoms with van der Waals surface area (Å²) in [5.41, 5.74) is 1.51. The van der Waals surface area contributed by atoms with Gasteiger partial charge in [-0.3, -0.25) is 0 Å². The molecule has 0 aliphatic carbocycles. The predicted octanol–water partition coefficient (Wildman–Crippen LogP) is 4.03. The second-order valence-electron chi connectivity index (χ2n) is 5.55. The summed E-state index contributed by atoms with van der Waals surface area (Å²) in [7, 11) is -3.89. The smallest absolute Gasteiger partial charge is 0.220 e. The molecule has 26 heavy (non-hydrogen) atoms. The summed E-state index contributed by atoms with van der Waals surface area (Å²) in [5.74, 6) is 2.38. The maximum Gasteiger partial charge on any atom is 0.271 e. The van der Waals surface area contributed by atoms with Crippen molar-refractivity contribution < 1.29 is 12.8 Å². The highest BCUT2D eigenvalue weighted by Crippen LogP contribution is 2.18. The van der Waals surface area contributed by atoms with E-state index in [0.29, 0.717) is 5.56 Å². The van der Waals surface area contributed by atoms with E-state index in [0.717, 1.165) is 22.0 Å². The van der Waals surface area contributed by atoms with Crippen LogP contribution < -0.4 is 0 Å². The first-order valence-electron chi connectivity index (χ1n) is 7.95. The van der Waals surface area contributed by atoms with Gasteiger partial charge in [0.05, 0.1) is 11.4 Å². The van der Waals surface area contributed by atoms with Crippen LogP contribution in [0.3, 0.4) is 0 Å². The van der Waals surface area contributed by atoms with Gasteiger partial charge in [0.2, 0.25) is 0 Å². The summed E-state index contributed by atoms with van der Waals surface area (Å²) in [6.07, 6.45) is 0. The Morgan fingerprint density at radius 2 is 1.38 bits per heavy atom. The molecule has 0 spiro atoms. The lowest BCUT2D eigenvalue weighted by molar-refractivity contribution is 0.508. The van der Waals surface area contributed by atoms with Crippen LogP contribution in [-0.2, 0) is 16.6 Å². The molecule has 0 saturated heterocycles. The van der Waals surface area contributed by atoms with Crippen molar-refractivity contribution >= 4 is 10.0 Å². The Hall–Kier alpha value is -3.10. The van der Waals surface area contributed by atoms with Crippen molar-refractivity contribution in [3.05, 3.63) is 102 Å². The molecule has 3 rings (SSSR count). The van der Waals surface area contributed by atoms with Crippen LogP contribution in [0, 0.1) is 17.8 Å². The molecule has 3 aromatic rings. The zero-order valence-electron chi connectivity index (χ0n) is 13.8. The molecule has 0 atom stereocenters. The van der Waals surface area contributed by atoms with Gasteiger partial charge in [0, 0.05) is 11.6 Å². The molecule has 3 aromatic carbocycles. The molecule has 0 N–H and O–H groups in total. The maximum atomic E-state index is 13.2. The normalized spacial score (nSPS) is 10.7. The van der Waals surface area contributed by atoms with Gasteiger partial charge in [-0.2, -0.15) is 0 Å². The zero-order chi connectivity index (χ0) is 18.4. The van der Waals surface area contributed by atoms with Crippen LogP contribution in [-0.4, -0.2) is 12.7 Å². The molecule has 0 aromatic heterocycles. The molecule has 0 fully saturated rings.